The van der Waals surface area contributed by atoms with Gasteiger partial charge in [0, 0.05) is 13.0 Å². The molecule has 0 saturated heterocycles. The summed E-state index contributed by atoms with van der Waals surface area (Å²) in [5, 5.41) is 5.29. The van der Waals surface area contributed by atoms with E-state index < -0.39 is 17.9 Å². The van der Waals surface area contributed by atoms with Crippen LogP contribution >= 0.6 is 0 Å². The van der Waals surface area contributed by atoms with E-state index in [-0.39, 0.29) is 24.6 Å². The van der Waals surface area contributed by atoms with E-state index in [9.17, 15) is 14.4 Å². The van der Waals surface area contributed by atoms with Gasteiger partial charge in [-0.3, -0.25) is 14.4 Å². The van der Waals surface area contributed by atoms with Crippen LogP contribution in [0.15, 0.2) is 53.1 Å². The van der Waals surface area contributed by atoms with Crippen molar-refractivity contribution in [3.63, 3.8) is 0 Å². The second-order valence-electron chi connectivity index (χ2n) is 5.31. The zero-order chi connectivity index (χ0) is 18.1. The minimum Gasteiger partial charge on any atom is -0.469 e. The first-order valence-electron chi connectivity index (χ1n) is 7.83. The van der Waals surface area contributed by atoms with Gasteiger partial charge in [-0.25, -0.2) is 0 Å². The fourth-order valence-corrected chi connectivity index (χ4v) is 2.21. The number of benzene rings is 1. The molecule has 1 atom stereocenters. The number of methoxy groups -OCH3 is 1. The third-order valence-corrected chi connectivity index (χ3v) is 3.51. The van der Waals surface area contributed by atoms with Crippen molar-refractivity contribution in [2.24, 2.45) is 0 Å². The lowest BCUT2D eigenvalue weighted by Crippen LogP contribution is -2.48. The topological polar surface area (TPSA) is 97.6 Å². The minimum absolute atomic E-state index is 0.0619. The first kappa shape index (κ1) is 18.3. The smallest absolute Gasteiger partial charge is 0.307 e. The molecule has 0 aliphatic rings. The lowest BCUT2D eigenvalue weighted by molar-refractivity contribution is -0.140. The van der Waals surface area contributed by atoms with E-state index in [1.165, 1.54) is 19.4 Å². The number of carbonyl (C=O) groups excluding carboxylic acids is 3. The Bertz CT molecular complexity index is 698. The summed E-state index contributed by atoms with van der Waals surface area (Å²) in [7, 11) is 1.28. The van der Waals surface area contributed by atoms with Crippen LogP contribution in [0.25, 0.3) is 0 Å². The summed E-state index contributed by atoms with van der Waals surface area (Å²) in [6.07, 6.45) is 1.77. The van der Waals surface area contributed by atoms with Gasteiger partial charge in [-0.2, -0.15) is 0 Å². The quantitative estimate of drug-likeness (QED) is 0.704. The molecular weight excluding hydrogens is 324 g/mol. The average Bonchev–Trinajstić information content (AvgIpc) is 3.16. The van der Waals surface area contributed by atoms with Crippen molar-refractivity contribution in [3.05, 3.63) is 60.1 Å². The number of nitrogens with one attached hydrogen (secondary N) is 2. The number of rotatable bonds is 8. The van der Waals surface area contributed by atoms with Gasteiger partial charge in [-0.05, 0) is 17.7 Å². The van der Waals surface area contributed by atoms with Crippen molar-refractivity contribution < 1.29 is 23.5 Å². The standard InChI is InChI=1S/C18H20N2O5/c1-24-16(21)9-10-19-17(22)14(12-13-6-3-2-4-7-13)20-18(23)15-8-5-11-25-15/h2-8,11,14H,9-10,12H2,1H3,(H,19,22)(H,20,23). The molecule has 1 aromatic heterocycles. The predicted octanol–water partition coefficient (Wildman–Crippen LogP) is 1.30. The number of carbonyl (C=O) groups is 3. The van der Waals surface area contributed by atoms with Gasteiger partial charge in [0.25, 0.3) is 5.91 Å². The highest BCUT2D eigenvalue weighted by Crippen LogP contribution is 2.06. The zero-order valence-electron chi connectivity index (χ0n) is 13.9. The van der Waals surface area contributed by atoms with Crippen LogP contribution in [0, 0.1) is 0 Å². The highest BCUT2D eigenvalue weighted by Gasteiger charge is 2.23. The average molecular weight is 344 g/mol. The molecule has 7 heteroatoms. The number of amides is 2. The number of esters is 1. The summed E-state index contributed by atoms with van der Waals surface area (Å²) >= 11 is 0. The monoisotopic (exact) mass is 344 g/mol. The Kier molecular flexibility index (Phi) is 6.76. The Labute approximate surface area is 145 Å². The van der Waals surface area contributed by atoms with E-state index in [4.69, 9.17) is 4.42 Å². The largest absolute Gasteiger partial charge is 0.469 e. The molecule has 0 aliphatic heterocycles. The van der Waals surface area contributed by atoms with E-state index in [1.54, 1.807) is 6.07 Å². The minimum atomic E-state index is -0.794. The molecule has 2 rings (SSSR count). The van der Waals surface area contributed by atoms with Crippen LogP contribution in [0.2, 0.25) is 0 Å². The van der Waals surface area contributed by atoms with Gasteiger partial charge in [-0.1, -0.05) is 30.3 Å². The van der Waals surface area contributed by atoms with E-state index >= 15 is 0 Å². The Hall–Kier alpha value is -3.09. The number of ether oxygens (including phenoxy) is 1. The van der Waals surface area contributed by atoms with E-state index in [1.807, 2.05) is 30.3 Å². The van der Waals surface area contributed by atoms with Crippen molar-refractivity contribution in [2.75, 3.05) is 13.7 Å². The molecule has 2 N–H and O–H groups in total. The van der Waals surface area contributed by atoms with Gasteiger partial charge in [0.05, 0.1) is 19.8 Å². The van der Waals surface area contributed by atoms with Gasteiger partial charge in [0.2, 0.25) is 5.91 Å². The normalized spacial score (nSPS) is 11.4. The Balaban J connectivity index is 2.01. The fraction of sp³-hybridized carbons (Fsp3) is 0.278. The van der Waals surface area contributed by atoms with Crippen molar-refractivity contribution in [2.45, 2.75) is 18.9 Å². The number of hydrogen-bond acceptors (Lipinski definition) is 5. The lowest BCUT2D eigenvalue weighted by atomic mass is 10.0. The third-order valence-electron chi connectivity index (χ3n) is 3.51. The third kappa shape index (κ3) is 5.80. The van der Waals surface area contributed by atoms with Crippen molar-refractivity contribution >= 4 is 17.8 Å². The SMILES string of the molecule is COC(=O)CCNC(=O)C(Cc1ccccc1)NC(=O)c1ccco1. The van der Waals surface area contributed by atoms with Gasteiger partial charge in [0.1, 0.15) is 6.04 Å². The Morgan fingerprint density at radius 2 is 1.88 bits per heavy atom. The van der Waals surface area contributed by atoms with Crippen LogP contribution in [0.5, 0.6) is 0 Å². The highest BCUT2D eigenvalue weighted by atomic mass is 16.5. The maximum atomic E-state index is 12.4. The van der Waals surface area contributed by atoms with Crippen LogP contribution < -0.4 is 10.6 Å². The van der Waals surface area contributed by atoms with Crippen LogP contribution in [0.1, 0.15) is 22.5 Å². The van der Waals surface area contributed by atoms with Gasteiger partial charge >= 0.3 is 5.97 Å². The van der Waals surface area contributed by atoms with Gasteiger partial charge in [-0.15, -0.1) is 0 Å². The van der Waals surface area contributed by atoms with Gasteiger partial charge < -0.3 is 19.8 Å². The first-order valence-corrected chi connectivity index (χ1v) is 7.83. The van der Waals surface area contributed by atoms with E-state index in [2.05, 4.69) is 15.4 Å². The molecule has 0 bridgehead atoms. The molecule has 0 fully saturated rings. The zero-order valence-corrected chi connectivity index (χ0v) is 13.9. The van der Waals surface area contributed by atoms with Crippen molar-refractivity contribution in [1.29, 1.82) is 0 Å². The molecule has 0 saturated carbocycles. The maximum Gasteiger partial charge on any atom is 0.307 e. The van der Waals surface area contributed by atoms with Crippen LogP contribution in [-0.2, 0) is 20.7 Å². The van der Waals surface area contributed by atoms with Gasteiger partial charge in [0.15, 0.2) is 5.76 Å². The molecule has 7 nitrogen and oxygen atoms in total. The lowest BCUT2D eigenvalue weighted by Gasteiger charge is -2.18. The van der Waals surface area contributed by atoms with Crippen LogP contribution in [0.4, 0.5) is 0 Å². The Morgan fingerprint density at radius 3 is 2.52 bits per heavy atom. The molecular formula is C18H20N2O5. The summed E-state index contributed by atoms with van der Waals surface area (Å²) in [5.41, 5.74) is 0.898. The molecule has 1 unspecified atom stereocenters. The van der Waals surface area contributed by atoms with E-state index in [0.29, 0.717) is 6.42 Å². The van der Waals surface area contributed by atoms with Crippen molar-refractivity contribution in [3.8, 4) is 0 Å². The summed E-state index contributed by atoms with van der Waals surface area (Å²) in [4.78, 5) is 35.7. The second kappa shape index (κ2) is 9.27. The highest BCUT2D eigenvalue weighted by molar-refractivity contribution is 5.95. The molecule has 2 aromatic rings. The number of furan rings is 1. The molecule has 0 spiro atoms. The molecule has 0 aliphatic carbocycles. The summed E-state index contributed by atoms with van der Waals surface area (Å²) in [5.74, 6) is -1.15. The molecule has 1 aromatic carbocycles. The van der Waals surface area contributed by atoms with E-state index in [0.717, 1.165) is 5.56 Å². The van der Waals surface area contributed by atoms with Crippen LogP contribution in [0.3, 0.4) is 0 Å². The molecule has 1 heterocycles. The predicted molar refractivity (Wildman–Crippen MR) is 89.8 cm³/mol. The summed E-state index contributed by atoms with van der Waals surface area (Å²) in [6, 6.07) is 11.6. The van der Waals surface area contributed by atoms with Crippen LogP contribution in [-0.4, -0.2) is 37.5 Å². The molecule has 25 heavy (non-hydrogen) atoms. The molecule has 0 radical (unpaired) electrons. The Morgan fingerprint density at radius 1 is 1.12 bits per heavy atom. The van der Waals surface area contributed by atoms with Crippen molar-refractivity contribution in [1.82, 2.24) is 10.6 Å². The number of hydrogen-bond donors (Lipinski definition) is 2. The maximum absolute atomic E-state index is 12.4. The summed E-state index contributed by atoms with van der Waals surface area (Å²) in [6.45, 7) is 0.132. The second-order valence-corrected chi connectivity index (χ2v) is 5.31. The first-order chi connectivity index (χ1) is 12.1. The summed E-state index contributed by atoms with van der Waals surface area (Å²) < 4.78 is 9.58. The fourth-order valence-electron chi connectivity index (χ4n) is 2.21. The molecule has 2 amide bonds. The molecule has 132 valence electrons.